The molecule has 2 aromatic heterocycles. The van der Waals surface area contributed by atoms with Crippen molar-refractivity contribution in [3.63, 3.8) is 0 Å². The van der Waals surface area contributed by atoms with Crippen LogP contribution < -0.4 is 0 Å². The van der Waals surface area contributed by atoms with Crippen molar-refractivity contribution in [2.75, 3.05) is 6.54 Å². The summed E-state index contributed by atoms with van der Waals surface area (Å²) in [5.41, 5.74) is 2.80. The Labute approximate surface area is 201 Å². The molecule has 2 amide bonds. The minimum absolute atomic E-state index is 0.198. The van der Waals surface area contributed by atoms with E-state index in [-0.39, 0.29) is 5.91 Å². The number of nitrogens with zero attached hydrogens (tertiary/aromatic N) is 3. The van der Waals surface area contributed by atoms with E-state index in [1.165, 1.54) is 15.8 Å². The first-order valence-electron chi connectivity index (χ1n) is 12.0. The number of pyridine rings is 1. The minimum Gasteiger partial charge on any atom is -0.443 e. The van der Waals surface area contributed by atoms with Crippen LogP contribution in [-0.2, 0) is 27.9 Å². The first-order chi connectivity index (χ1) is 16.0. The summed E-state index contributed by atoms with van der Waals surface area (Å²) in [4.78, 5) is 32.3. The molecule has 1 saturated heterocycles. The lowest BCUT2D eigenvalue weighted by atomic mass is 9.74. The predicted molar refractivity (Wildman–Crippen MR) is 134 cm³/mol. The maximum absolute atomic E-state index is 14.0. The monoisotopic (exact) mass is 461 g/mol. The van der Waals surface area contributed by atoms with E-state index < -0.39 is 17.1 Å². The van der Waals surface area contributed by atoms with E-state index in [1.807, 2.05) is 32.9 Å². The number of likely N-dealkylation sites (tertiary alicyclic amines) is 1. The fourth-order valence-electron chi connectivity index (χ4n) is 4.96. The number of benzene rings is 1. The van der Waals surface area contributed by atoms with Crippen molar-refractivity contribution in [2.24, 2.45) is 5.92 Å². The molecule has 6 nitrogen and oxygen atoms in total. The molecule has 1 unspecified atom stereocenters. The number of fused-ring (bicyclic) bond motifs is 1. The van der Waals surface area contributed by atoms with E-state index in [9.17, 15) is 9.59 Å². The summed E-state index contributed by atoms with van der Waals surface area (Å²) in [6.07, 6.45) is 6.15. The number of rotatable bonds is 5. The van der Waals surface area contributed by atoms with E-state index in [0.29, 0.717) is 25.3 Å². The van der Waals surface area contributed by atoms with Crippen LogP contribution in [0.25, 0.3) is 10.9 Å². The third kappa shape index (κ3) is 4.59. The van der Waals surface area contributed by atoms with Gasteiger partial charge in [-0.3, -0.25) is 9.78 Å². The zero-order chi connectivity index (χ0) is 24.7. The quantitative estimate of drug-likeness (QED) is 0.493. The number of amides is 2. The van der Waals surface area contributed by atoms with Gasteiger partial charge in [0.25, 0.3) is 0 Å². The number of hydrogen-bond donors (Lipinski definition) is 0. The summed E-state index contributed by atoms with van der Waals surface area (Å²) >= 11 is 0. The number of carbonyl (C=O) groups is 2. The van der Waals surface area contributed by atoms with Crippen molar-refractivity contribution in [1.29, 1.82) is 0 Å². The molecule has 6 heteroatoms. The molecule has 0 bridgehead atoms. The zero-order valence-electron chi connectivity index (χ0n) is 21.1. The van der Waals surface area contributed by atoms with Gasteiger partial charge in [0.05, 0.1) is 5.41 Å². The lowest BCUT2D eigenvalue weighted by Crippen LogP contribution is -2.44. The van der Waals surface area contributed by atoms with Crippen LogP contribution in [0.1, 0.15) is 57.7 Å². The van der Waals surface area contributed by atoms with Gasteiger partial charge in [-0.2, -0.15) is 0 Å². The second-order valence-electron chi connectivity index (χ2n) is 10.9. The van der Waals surface area contributed by atoms with Crippen molar-refractivity contribution in [3.8, 4) is 0 Å². The molecule has 1 fully saturated rings. The fraction of sp³-hybridized carbons (Fsp3) is 0.464. The smallest absolute Gasteiger partial charge is 0.417 e. The standard InChI is InChI=1S/C28H35N3O3/c1-19(2)17-30-18-20(3)23-8-7-22(15-24(23)30)28(16-21-9-12-29-13-10-21)11-14-31(25(28)32)26(33)34-27(4,5)6/h7-10,12-13,15,18-19H,11,14,16-17H2,1-6H3. The van der Waals surface area contributed by atoms with E-state index in [4.69, 9.17) is 4.74 Å². The van der Waals surface area contributed by atoms with Crippen LogP contribution in [0.5, 0.6) is 0 Å². The molecule has 3 aromatic rings. The molecule has 0 aliphatic carbocycles. The van der Waals surface area contributed by atoms with Crippen LogP contribution in [0, 0.1) is 12.8 Å². The average Bonchev–Trinajstić information content (AvgIpc) is 3.24. The Balaban J connectivity index is 1.80. The first kappa shape index (κ1) is 24.0. The molecular weight excluding hydrogens is 426 g/mol. The van der Waals surface area contributed by atoms with Gasteiger partial charge in [-0.05, 0) is 81.3 Å². The Morgan fingerprint density at radius 3 is 2.53 bits per heavy atom. The lowest BCUT2D eigenvalue weighted by molar-refractivity contribution is -0.131. The molecule has 3 heterocycles. The van der Waals surface area contributed by atoms with Gasteiger partial charge < -0.3 is 9.30 Å². The van der Waals surface area contributed by atoms with Gasteiger partial charge in [-0.1, -0.05) is 26.0 Å². The minimum atomic E-state index is -0.840. The van der Waals surface area contributed by atoms with Crippen LogP contribution >= 0.6 is 0 Å². The Kier molecular flexibility index (Phi) is 6.28. The molecule has 0 saturated carbocycles. The van der Waals surface area contributed by atoms with Crippen LogP contribution in [0.15, 0.2) is 48.9 Å². The van der Waals surface area contributed by atoms with Gasteiger partial charge >= 0.3 is 6.09 Å². The van der Waals surface area contributed by atoms with E-state index in [0.717, 1.165) is 23.2 Å². The van der Waals surface area contributed by atoms with Gasteiger partial charge in [0.1, 0.15) is 5.60 Å². The van der Waals surface area contributed by atoms with Crippen LogP contribution in [-0.4, -0.2) is 38.6 Å². The van der Waals surface area contributed by atoms with Crippen molar-refractivity contribution in [1.82, 2.24) is 14.5 Å². The molecule has 0 N–H and O–H groups in total. The van der Waals surface area contributed by atoms with Gasteiger partial charge in [0, 0.05) is 42.6 Å². The molecule has 0 spiro atoms. The number of aromatic nitrogens is 2. The molecule has 180 valence electrons. The summed E-state index contributed by atoms with van der Waals surface area (Å²) < 4.78 is 7.84. The summed E-state index contributed by atoms with van der Waals surface area (Å²) in [5.74, 6) is 0.303. The highest BCUT2D eigenvalue weighted by atomic mass is 16.6. The maximum atomic E-state index is 14.0. The van der Waals surface area contributed by atoms with Crippen molar-refractivity contribution < 1.29 is 14.3 Å². The zero-order valence-corrected chi connectivity index (χ0v) is 21.1. The summed E-state index contributed by atoms with van der Waals surface area (Å²) in [6, 6.07) is 10.2. The molecule has 4 rings (SSSR count). The highest BCUT2D eigenvalue weighted by Gasteiger charge is 2.51. The number of carbonyl (C=O) groups excluding carboxylic acids is 2. The average molecular weight is 462 g/mol. The van der Waals surface area contributed by atoms with Crippen LogP contribution in [0.4, 0.5) is 4.79 Å². The third-order valence-electron chi connectivity index (χ3n) is 6.48. The Hall–Kier alpha value is -3.15. The molecular formula is C28H35N3O3. The van der Waals surface area contributed by atoms with Crippen LogP contribution in [0.3, 0.4) is 0 Å². The summed E-state index contributed by atoms with van der Waals surface area (Å²) in [7, 11) is 0. The highest BCUT2D eigenvalue weighted by Crippen LogP contribution is 2.41. The van der Waals surface area contributed by atoms with E-state index in [2.05, 4.69) is 54.7 Å². The topological polar surface area (TPSA) is 64.4 Å². The Morgan fingerprint density at radius 2 is 1.88 bits per heavy atom. The fourth-order valence-corrected chi connectivity index (χ4v) is 4.96. The molecule has 1 atom stereocenters. The van der Waals surface area contributed by atoms with Gasteiger partial charge in [0.15, 0.2) is 0 Å². The highest BCUT2D eigenvalue weighted by molar-refractivity contribution is 6.01. The van der Waals surface area contributed by atoms with Crippen LogP contribution in [0.2, 0.25) is 0 Å². The Morgan fingerprint density at radius 1 is 1.18 bits per heavy atom. The second kappa shape index (κ2) is 8.90. The third-order valence-corrected chi connectivity index (χ3v) is 6.48. The number of ether oxygens (including phenoxy) is 1. The first-order valence-corrected chi connectivity index (χ1v) is 12.0. The summed E-state index contributed by atoms with van der Waals surface area (Å²) in [5, 5.41) is 1.19. The number of hydrogen-bond acceptors (Lipinski definition) is 4. The van der Waals surface area contributed by atoms with Gasteiger partial charge in [-0.15, -0.1) is 0 Å². The largest absolute Gasteiger partial charge is 0.443 e. The van der Waals surface area contributed by atoms with Gasteiger partial charge in [0.2, 0.25) is 5.91 Å². The molecule has 0 radical (unpaired) electrons. The Bertz CT molecular complexity index is 1210. The van der Waals surface area contributed by atoms with Crippen molar-refractivity contribution in [3.05, 3.63) is 65.6 Å². The SMILES string of the molecule is Cc1cn(CC(C)C)c2cc(C3(Cc4ccncc4)CCN(C(=O)OC(C)(C)C)C3=O)ccc12. The molecule has 1 aromatic carbocycles. The molecule has 1 aliphatic heterocycles. The number of aryl methyl sites for hydroxylation is 1. The maximum Gasteiger partial charge on any atom is 0.417 e. The predicted octanol–water partition coefficient (Wildman–Crippen LogP) is 5.65. The van der Waals surface area contributed by atoms with Gasteiger partial charge in [-0.25, -0.2) is 9.69 Å². The number of imide groups is 1. The summed E-state index contributed by atoms with van der Waals surface area (Å²) in [6.45, 7) is 13.2. The van der Waals surface area contributed by atoms with E-state index >= 15 is 0 Å². The van der Waals surface area contributed by atoms with Crippen molar-refractivity contribution in [2.45, 2.75) is 71.9 Å². The van der Waals surface area contributed by atoms with E-state index in [1.54, 1.807) is 12.4 Å². The lowest BCUT2D eigenvalue weighted by Gasteiger charge is -2.29. The molecule has 1 aliphatic rings. The van der Waals surface area contributed by atoms with Crippen molar-refractivity contribution >= 4 is 22.9 Å². The normalized spacial score (nSPS) is 18.8. The second-order valence-corrected chi connectivity index (χ2v) is 10.9. The molecule has 34 heavy (non-hydrogen) atoms.